The zero-order chi connectivity index (χ0) is 12.4. The van der Waals surface area contributed by atoms with Crippen molar-refractivity contribution in [3.8, 4) is 0 Å². The molecule has 0 amide bonds. The van der Waals surface area contributed by atoms with Gasteiger partial charge in [-0.05, 0) is 36.6 Å². The molecule has 0 spiro atoms. The van der Waals surface area contributed by atoms with Crippen LogP contribution in [-0.2, 0) is 10.0 Å². The van der Waals surface area contributed by atoms with Gasteiger partial charge in [-0.15, -0.1) is 12.6 Å². The van der Waals surface area contributed by atoms with Gasteiger partial charge < -0.3 is 4.43 Å². The van der Waals surface area contributed by atoms with Crippen molar-refractivity contribution in [3.63, 3.8) is 0 Å². The largest absolute Gasteiger partial charge is 0.415 e. The predicted octanol–water partition coefficient (Wildman–Crippen LogP) is 3.53. The lowest BCUT2D eigenvalue weighted by Crippen LogP contribution is -2.27. The van der Waals surface area contributed by atoms with E-state index in [2.05, 4.69) is 59.4 Å². The van der Waals surface area contributed by atoms with Crippen LogP contribution >= 0.6 is 12.6 Å². The Bertz CT molecular complexity index is 338. The summed E-state index contributed by atoms with van der Waals surface area (Å²) in [5, 5.41) is 0.334. The third-order valence-electron chi connectivity index (χ3n) is 2.43. The molecule has 0 aromatic heterocycles. The molecule has 0 N–H and O–H groups in total. The van der Waals surface area contributed by atoms with Crippen LogP contribution in [0.5, 0.6) is 0 Å². The summed E-state index contributed by atoms with van der Waals surface area (Å²) in [7, 11) is -0.527. The Morgan fingerprint density at radius 2 is 1.50 bits per heavy atom. The number of benzene rings is 1. The average molecular weight is 254 g/mol. The maximum Gasteiger partial charge on any atom is 0.168 e. The first-order valence-electron chi connectivity index (χ1n) is 5.64. The molecule has 0 aliphatic rings. The zero-order valence-electron chi connectivity index (χ0n) is 10.9. The second-order valence-corrected chi connectivity index (χ2v) is 9.12. The van der Waals surface area contributed by atoms with E-state index in [9.17, 15) is 0 Å². The number of thiol groups is 1. The summed E-state index contributed by atoms with van der Waals surface area (Å²) in [6.07, 6.45) is 0. The monoisotopic (exact) mass is 254 g/mol. The Labute approximate surface area is 107 Å². The second kappa shape index (κ2) is 4.94. The second-order valence-electron chi connectivity index (χ2n) is 5.91. The van der Waals surface area contributed by atoms with Crippen LogP contribution in [0.15, 0.2) is 29.2 Å². The van der Waals surface area contributed by atoms with Crippen molar-refractivity contribution in [2.45, 2.75) is 50.2 Å². The van der Waals surface area contributed by atoms with E-state index in [1.807, 2.05) is 12.1 Å². The van der Waals surface area contributed by atoms with E-state index in [1.54, 1.807) is 0 Å². The van der Waals surface area contributed by atoms with Crippen LogP contribution in [0.25, 0.3) is 0 Å². The van der Waals surface area contributed by atoms with E-state index in [0.717, 1.165) is 4.90 Å². The van der Waals surface area contributed by atoms with Crippen LogP contribution in [0.4, 0.5) is 0 Å². The fourth-order valence-electron chi connectivity index (χ4n) is 1.34. The molecule has 16 heavy (non-hydrogen) atoms. The number of hydrogen-bond acceptors (Lipinski definition) is 2. The van der Waals surface area contributed by atoms with Crippen LogP contribution in [0.3, 0.4) is 0 Å². The molecule has 1 nitrogen and oxygen atoms in total. The topological polar surface area (TPSA) is 9.23 Å². The molecule has 0 radical (unpaired) electrons. The molecule has 0 aliphatic heterocycles. The molecule has 0 fully saturated rings. The van der Waals surface area contributed by atoms with Crippen molar-refractivity contribution in [3.05, 3.63) is 29.8 Å². The van der Waals surface area contributed by atoms with E-state index >= 15 is 0 Å². The molecule has 1 aromatic carbocycles. The van der Waals surface area contributed by atoms with Crippen LogP contribution in [-0.4, -0.2) is 9.76 Å². The smallest absolute Gasteiger partial charge is 0.168 e. The minimum Gasteiger partial charge on any atom is -0.415 e. The summed E-state index contributed by atoms with van der Waals surface area (Å²) in [4.78, 5) is 0.993. The summed E-state index contributed by atoms with van der Waals surface area (Å²) in [5.41, 5.74) is 1.04. The molecule has 3 heteroatoms. The van der Waals surface area contributed by atoms with E-state index in [4.69, 9.17) is 4.43 Å². The molecule has 0 bridgehead atoms. The third kappa shape index (κ3) is 4.32. The molecular formula is C13H22OSSi. The van der Waals surface area contributed by atoms with E-state index in [1.165, 1.54) is 5.56 Å². The van der Waals surface area contributed by atoms with Crippen molar-refractivity contribution >= 4 is 22.4 Å². The van der Waals surface area contributed by atoms with Gasteiger partial charge in [0.2, 0.25) is 0 Å². The summed E-state index contributed by atoms with van der Waals surface area (Å²) >= 11 is 4.29. The minimum atomic E-state index is -0.527. The highest BCUT2D eigenvalue weighted by Gasteiger charge is 2.24. The highest BCUT2D eigenvalue weighted by Crippen LogP contribution is 2.29. The Balaban J connectivity index is 2.73. The van der Waals surface area contributed by atoms with Gasteiger partial charge in [0, 0.05) is 4.90 Å². The first-order valence-corrected chi connectivity index (χ1v) is 7.37. The van der Waals surface area contributed by atoms with Crippen molar-refractivity contribution in [2.24, 2.45) is 0 Å². The van der Waals surface area contributed by atoms with Gasteiger partial charge in [0.25, 0.3) is 0 Å². The van der Waals surface area contributed by atoms with Crippen LogP contribution in [0.2, 0.25) is 5.04 Å². The van der Waals surface area contributed by atoms with E-state index in [0.29, 0.717) is 5.04 Å². The molecule has 1 rings (SSSR count). The van der Waals surface area contributed by atoms with Crippen molar-refractivity contribution in [1.82, 2.24) is 0 Å². The van der Waals surface area contributed by atoms with Crippen molar-refractivity contribution in [2.75, 3.05) is 0 Å². The summed E-state index contributed by atoms with van der Waals surface area (Å²) in [6.45, 7) is 11.0. The van der Waals surface area contributed by atoms with Gasteiger partial charge in [-0.2, -0.15) is 0 Å². The molecule has 0 atom stereocenters. The van der Waals surface area contributed by atoms with Gasteiger partial charge in [0.15, 0.2) is 9.76 Å². The SMILES string of the molecule is CC(C)(C)[SiH2]OC(C)(C)c1ccc(S)cc1. The number of rotatable bonds is 3. The summed E-state index contributed by atoms with van der Waals surface area (Å²) in [5.74, 6) is 0. The molecule has 0 saturated carbocycles. The highest BCUT2D eigenvalue weighted by molar-refractivity contribution is 7.80. The fraction of sp³-hybridized carbons (Fsp3) is 0.538. The molecule has 0 unspecified atom stereocenters. The molecule has 0 saturated heterocycles. The standard InChI is InChI=1S/C13H22OSSi/c1-12(2,3)16-14-13(4,5)10-6-8-11(15)9-7-10/h6-9,15H,16H2,1-5H3. The maximum atomic E-state index is 6.13. The Hall–Kier alpha value is -0.253. The summed E-state index contributed by atoms with van der Waals surface area (Å²) < 4.78 is 6.13. The van der Waals surface area contributed by atoms with E-state index < -0.39 is 9.76 Å². The lowest BCUT2D eigenvalue weighted by Gasteiger charge is -2.30. The molecular weight excluding hydrogens is 232 g/mol. The Morgan fingerprint density at radius 3 is 1.94 bits per heavy atom. The van der Waals surface area contributed by atoms with Gasteiger partial charge in [-0.3, -0.25) is 0 Å². The lowest BCUT2D eigenvalue weighted by molar-refractivity contribution is 0.109. The van der Waals surface area contributed by atoms with Crippen molar-refractivity contribution < 1.29 is 4.43 Å². The number of hydrogen-bond donors (Lipinski definition) is 1. The first kappa shape index (κ1) is 13.8. The van der Waals surface area contributed by atoms with E-state index in [-0.39, 0.29) is 5.60 Å². The summed E-state index contributed by atoms with van der Waals surface area (Å²) in [6, 6.07) is 8.23. The fourth-order valence-corrected chi connectivity index (χ4v) is 2.45. The predicted molar refractivity (Wildman–Crippen MR) is 76.1 cm³/mol. The van der Waals surface area contributed by atoms with Gasteiger partial charge in [0.05, 0.1) is 5.60 Å². The molecule has 90 valence electrons. The van der Waals surface area contributed by atoms with Gasteiger partial charge >= 0.3 is 0 Å². The quantitative estimate of drug-likeness (QED) is 0.641. The van der Waals surface area contributed by atoms with Crippen LogP contribution < -0.4 is 0 Å². The van der Waals surface area contributed by atoms with Gasteiger partial charge in [-0.1, -0.05) is 32.9 Å². The third-order valence-corrected chi connectivity index (χ3v) is 4.46. The average Bonchev–Trinajstić information content (AvgIpc) is 2.15. The highest BCUT2D eigenvalue weighted by atomic mass is 32.1. The van der Waals surface area contributed by atoms with Gasteiger partial charge in [-0.25, -0.2) is 0 Å². The molecule has 1 aromatic rings. The molecule has 0 aliphatic carbocycles. The normalized spacial score (nSPS) is 13.6. The Morgan fingerprint density at radius 1 is 1.00 bits per heavy atom. The first-order chi connectivity index (χ1) is 7.21. The zero-order valence-corrected chi connectivity index (χ0v) is 13.2. The van der Waals surface area contributed by atoms with Crippen LogP contribution in [0, 0.1) is 0 Å². The minimum absolute atomic E-state index is 0.180. The van der Waals surface area contributed by atoms with Gasteiger partial charge in [0.1, 0.15) is 0 Å². The molecule has 0 heterocycles. The van der Waals surface area contributed by atoms with Crippen LogP contribution in [0.1, 0.15) is 40.2 Å². The maximum absolute atomic E-state index is 6.13. The Kier molecular flexibility index (Phi) is 4.27. The lowest BCUT2D eigenvalue weighted by atomic mass is 9.99. The van der Waals surface area contributed by atoms with Crippen molar-refractivity contribution in [1.29, 1.82) is 0 Å².